The number of aliphatic hydroxyl groups is 3. The Hall–Kier alpha value is -2.27. The van der Waals surface area contributed by atoms with Crippen molar-refractivity contribution in [2.75, 3.05) is 7.11 Å². The van der Waals surface area contributed by atoms with Crippen LogP contribution in [0.4, 0.5) is 0 Å². The minimum atomic E-state index is -2.38. The van der Waals surface area contributed by atoms with Gasteiger partial charge in [0.2, 0.25) is 5.79 Å². The normalized spacial score (nSPS) is 50.2. The molecule has 10 nitrogen and oxygen atoms in total. The lowest BCUT2D eigenvalue weighted by Gasteiger charge is -2.66. The van der Waals surface area contributed by atoms with Gasteiger partial charge in [-0.15, -0.1) is 0 Å². The van der Waals surface area contributed by atoms with E-state index in [1.165, 1.54) is 12.5 Å². The van der Waals surface area contributed by atoms with Crippen LogP contribution < -0.4 is 0 Å². The van der Waals surface area contributed by atoms with Crippen molar-refractivity contribution in [2.24, 2.45) is 34.0 Å². The minimum absolute atomic E-state index is 0.0224. The van der Waals surface area contributed by atoms with Crippen LogP contribution in [-0.4, -0.2) is 63.2 Å². The Labute approximate surface area is 214 Å². The summed E-state index contributed by atoms with van der Waals surface area (Å²) in [5.41, 5.74) is -6.33. The molecular weight excluding hydrogens is 484 g/mol. The van der Waals surface area contributed by atoms with Gasteiger partial charge >= 0.3 is 11.9 Å². The molecule has 37 heavy (non-hydrogen) atoms. The van der Waals surface area contributed by atoms with Gasteiger partial charge in [0.15, 0.2) is 17.5 Å². The van der Waals surface area contributed by atoms with Gasteiger partial charge in [0.1, 0.15) is 6.10 Å². The molecule has 1 unspecified atom stereocenters. The van der Waals surface area contributed by atoms with Crippen molar-refractivity contribution in [3.8, 4) is 0 Å². The van der Waals surface area contributed by atoms with Crippen LogP contribution in [-0.2, 0) is 28.6 Å². The molecule has 10 heteroatoms. The van der Waals surface area contributed by atoms with Crippen LogP contribution in [0.2, 0.25) is 0 Å². The second-order valence-corrected chi connectivity index (χ2v) is 12.8. The van der Waals surface area contributed by atoms with Crippen LogP contribution in [0.25, 0.3) is 0 Å². The summed E-state index contributed by atoms with van der Waals surface area (Å²) in [6.45, 7) is 6.84. The van der Waals surface area contributed by atoms with E-state index < -0.39 is 80.9 Å². The van der Waals surface area contributed by atoms with Crippen molar-refractivity contribution in [2.45, 2.75) is 82.6 Å². The van der Waals surface area contributed by atoms with Crippen LogP contribution in [0, 0.1) is 34.0 Å². The Bertz CT molecular complexity index is 1190. The van der Waals surface area contributed by atoms with E-state index >= 15 is 0 Å². The van der Waals surface area contributed by atoms with E-state index in [9.17, 15) is 29.7 Å². The van der Waals surface area contributed by atoms with Gasteiger partial charge in [-0.1, -0.05) is 27.7 Å². The molecule has 0 aromatic carbocycles. The van der Waals surface area contributed by atoms with Crippen LogP contribution >= 0.6 is 0 Å². The molecule has 1 spiro atoms. The first-order valence-corrected chi connectivity index (χ1v) is 12.8. The highest BCUT2D eigenvalue weighted by Crippen LogP contribution is 2.81. The lowest BCUT2D eigenvalue weighted by Crippen LogP contribution is -2.80. The lowest BCUT2D eigenvalue weighted by atomic mass is 9.36. The molecule has 202 valence electrons. The summed E-state index contributed by atoms with van der Waals surface area (Å²) < 4.78 is 22.5. The van der Waals surface area contributed by atoms with Crippen LogP contribution in [0.3, 0.4) is 0 Å². The summed E-state index contributed by atoms with van der Waals surface area (Å²) in [5, 5.41) is 35.5. The van der Waals surface area contributed by atoms with Crippen molar-refractivity contribution in [1.29, 1.82) is 0 Å². The zero-order valence-electron chi connectivity index (χ0n) is 21.6. The molecule has 1 aromatic heterocycles. The third kappa shape index (κ3) is 2.49. The van der Waals surface area contributed by atoms with Crippen LogP contribution in [0.1, 0.15) is 65.0 Å². The molecular formula is C27H34O10. The van der Waals surface area contributed by atoms with E-state index in [1.807, 2.05) is 6.92 Å². The first-order chi connectivity index (χ1) is 17.1. The smallest absolute Gasteiger partial charge is 0.335 e. The molecule has 6 rings (SSSR count). The highest BCUT2D eigenvalue weighted by molar-refractivity contribution is 5.96. The SMILES string of the molecule is COC(=O)[C@H](O)[C@H]1C(C)(C)C(=O)[C@]2(O)C[C@@]34OC2(O)[C@]1(C)[C@H]3CC[C@]1(C)[C@H]4CC(=O)O[C@H]1c1ccoc1. The molecule has 2 saturated carbocycles. The number of hydrogen-bond acceptors (Lipinski definition) is 10. The third-order valence-electron chi connectivity index (χ3n) is 11.0. The Morgan fingerprint density at radius 2 is 1.86 bits per heavy atom. The molecule has 2 aliphatic carbocycles. The molecule has 2 bridgehead atoms. The predicted octanol–water partition coefficient (Wildman–Crippen LogP) is 1.66. The fourth-order valence-electron chi connectivity index (χ4n) is 9.72. The molecule has 5 aliphatic rings. The van der Waals surface area contributed by atoms with Gasteiger partial charge in [-0.05, 0) is 24.8 Å². The number of hydrogen-bond donors (Lipinski definition) is 3. The van der Waals surface area contributed by atoms with E-state index in [2.05, 4.69) is 0 Å². The van der Waals surface area contributed by atoms with Crippen molar-refractivity contribution >= 4 is 17.7 Å². The van der Waals surface area contributed by atoms with Gasteiger partial charge in [0.05, 0.1) is 31.7 Å². The highest BCUT2D eigenvalue weighted by atomic mass is 16.7. The zero-order chi connectivity index (χ0) is 27.0. The number of cyclic esters (lactones) is 1. The number of Topliss-reactive ketones (excluding diaryl/α,β-unsaturated/α-hetero) is 1. The van der Waals surface area contributed by atoms with E-state index in [4.69, 9.17) is 18.6 Å². The van der Waals surface area contributed by atoms with Crippen molar-refractivity contribution in [1.82, 2.24) is 0 Å². The summed E-state index contributed by atoms with van der Waals surface area (Å²) in [6.07, 6.45) is 1.51. The number of carbonyl (C=O) groups is 3. The van der Waals surface area contributed by atoms with Crippen molar-refractivity contribution in [3.05, 3.63) is 24.2 Å². The Morgan fingerprint density at radius 3 is 2.49 bits per heavy atom. The van der Waals surface area contributed by atoms with E-state index in [1.54, 1.807) is 26.8 Å². The van der Waals surface area contributed by atoms with Gasteiger partial charge in [-0.2, -0.15) is 0 Å². The summed E-state index contributed by atoms with van der Waals surface area (Å²) >= 11 is 0. The molecule has 0 amide bonds. The van der Waals surface area contributed by atoms with Crippen LogP contribution in [0.15, 0.2) is 23.0 Å². The lowest BCUT2D eigenvalue weighted by molar-refractivity contribution is -0.328. The first-order valence-electron chi connectivity index (χ1n) is 12.8. The number of fused-ring (bicyclic) bond motifs is 2. The van der Waals surface area contributed by atoms with E-state index in [0.717, 1.165) is 7.11 Å². The number of methoxy groups -OCH3 is 1. The maximum Gasteiger partial charge on any atom is 0.335 e. The van der Waals surface area contributed by atoms with Gasteiger partial charge in [0, 0.05) is 40.1 Å². The third-order valence-corrected chi connectivity index (χ3v) is 11.0. The van der Waals surface area contributed by atoms with Gasteiger partial charge < -0.3 is 33.9 Å². The van der Waals surface area contributed by atoms with Gasteiger partial charge in [0.25, 0.3) is 0 Å². The maximum atomic E-state index is 14.0. The summed E-state index contributed by atoms with van der Waals surface area (Å²) in [6, 6.07) is 1.74. The van der Waals surface area contributed by atoms with Crippen LogP contribution in [0.5, 0.6) is 0 Å². The quantitative estimate of drug-likeness (QED) is 0.504. The molecule has 10 atom stereocenters. The van der Waals surface area contributed by atoms with E-state index in [0.29, 0.717) is 18.4 Å². The highest BCUT2D eigenvalue weighted by Gasteiger charge is 2.92. The average Bonchev–Trinajstić information content (AvgIpc) is 3.49. The molecule has 3 N–H and O–H groups in total. The number of rotatable bonds is 3. The monoisotopic (exact) mass is 518 g/mol. The second kappa shape index (κ2) is 7.02. The summed E-state index contributed by atoms with van der Waals surface area (Å²) in [4.78, 5) is 39.6. The minimum Gasteiger partial charge on any atom is -0.472 e. The Morgan fingerprint density at radius 1 is 1.16 bits per heavy atom. The molecule has 3 saturated heterocycles. The summed E-state index contributed by atoms with van der Waals surface area (Å²) in [5.74, 6) is -6.59. The molecule has 4 heterocycles. The van der Waals surface area contributed by atoms with E-state index in [-0.39, 0.29) is 12.8 Å². The molecule has 5 fully saturated rings. The molecule has 3 aliphatic heterocycles. The van der Waals surface area contributed by atoms with Gasteiger partial charge in [-0.25, -0.2) is 4.79 Å². The topological polar surface area (TPSA) is 153 Å². The fraction of sp³-hybridized carbons (Fsp3) is 0.741. The molecule has 0 radical (unpaired) electrons. The second-order valence-electron chi connectivity index (χ2n) is 12.8. The van der Waals surface area contributed by atoms with Crippen molar-refractivity contribution in [3.63, 3.8) is 0 Å². The van der Waals surface area contributed by atoms with Crippen molar-refractivity contribution < 1.29 is 48.3 Å². The summed E-state index contributed by atoms with van der Waals surface area (Å²) in [7, 11) is 1.14. The molecule has 1 aromatic rings. The number of ketones is 1. The first kappa shape index (κ1) is 25.0. The fourth-order valence-corrected chi connectivity index (χ4v) is 9.72. The Balaban J connectivity index is 1.56. The number of furan rings is 1. The number of esters is 2. The zero-order valence-corrected chi connectivity index (χ0v) is 21.6. The predicted molar refractivity (Wildman–Crippen MR) is 123 cm³/mol. The average molecular weight is 519 g/mol. The van der Waals surface area contributed by atoms with Gasteiger partial charge in [-0.3, -0.25) is 9.59 Å². The number of aliphatic hydroxyl groups excluding tert-OH is 1. The number of carbonyl (C=O) groups excluding carboxylic acids is 3. The Kier molecular flexibility index (Phi) is 4.75. The largest absolute Gasteiger partial charge is 0.472 e. The number of ether oxygens (including phenoxy) is 3. The standard InChI is InChI=1S/C27H34O10/c1-22(2)18(17(29)20(30)34-5)24(4)14-6-8-23(3)15(10-16(28)36-19(23)13-7-9-35-11-13)25(14)12-26(32,21(22)31)27(24,33)37-25/h7,9,11,14-15,17-19,29,32-33H,6,8,10,12H2,1-5H3/t14-,15-,17-,18+,19+,23-,24-,25-,26-,27?/m1/s1. The maximum absolute atomic E-state index is 14.0.